The minimum atomic E-state index is 0. The molecule has 0 spiro atoms. The topological polar surface area (TPSA) is 25.8 Å². The molecule has 3 rings (SSSR count). The Labute approximate surface area is 118 Å². The fourth-order valence-corrected chi connectivity index (χ4v) is 1.68. The van der Waals surface area contributed by atoms with Crippen molar-refractivity contribution in [2.75, 3.05) is 0 Å². The molecular formula is C12H8N2Tb. The van der Waals surface area contributed by atoms with Gasteiger partial charge in [0, 0.05) is 61.8 Å². The fraction of sp³-hybridized carbons (Fsp3) is 0. The van der Waals surface area contributed by atoms with E-state index in [1.807, 2.05) is 12.1 Å². The third kappa shape index (κ3) is 1.86. The van der Waals surface area contributed by atoms with Gasteiger partial charge >= 0.3 is 0 Å². The Morgan fingerprint density at radius 3 is 1.60 bits per heavy atom. The van der Waals surface area contributed by atoms with E-state index in [2.05, 4.69) is 34.2 Å². The minimum absolute atomic E-state index is 0. The molecule has 0 fully saturated rings. The van der Waals surface area contributed by atoms with E-state index in [1.165, 1.54) is 0 Å². The summed E-state index contributed by atoms with van der Waals surface area (Å²) in [7, 11) is 0. The van der Waals surface area contributed by atoms with E-state index in [0.717, 1.165) is 21.8 Å². The summed E-state index contributed by atoms with van der Waals surface area (Å²) < 4.78 is 0. The van der Waals surface area contributed by atoms with Crippen LogP contribution in [0.3, 0.4) is 0 Å². The molecule has 1 aromatic carbocycles. The van der Waals surface area contributed by atoms with Gasteiger partial charge < -0.3 is 0 Å². The maximum Gasteiger partial charge on any atom is 0.0964 e. The average Bonchev–Trinajstić information content (AvgIpc) is 2.29. The van der Waals surface area contributed by atoms with Crippen molar-refractivity contribution in [2.24, 2.45) is 0 Å². The molecule has 0 bridgehead atoms. The van der Waals surface area contributed by atoms with Gasteiger partial charge in [0.15, 0.2) is 0 Å². The van der Waals surface area contributed by atoms with Crippen molar-refractivity contribution >= 4 is 21.8 Å². The third-order valence-corrected chi connectivity index (χ3v) is 2.34. The Balaban J connectivity index is 0.000000853. The molecule has 0 saturated heterocycles. The molecule has 2 nitrogen and oxygen atoms in total. The SMILES string of the molecule is [Tb].c1cnc2c(c1)ccc1cccnc12. The van der Waals surface area contributed by atoms with Gasteiger partial charge in [0.1, 0.15) is 0 Å². The molecule has 3 aromatic rings. The molecule has 0 N–H and O–H groups in total. The largest absolute Gasteiger partial charge is 0.254 e. The van der Waals surface area contributed by atoms with Crippen LogP contribution in [0.4, 0.5) is 0 Å². The summed E-state index contributed by atoms with van der Waals surface area (Å²) in [6.07, 6.45) is 3.60. The van der Waals surface area contributed by atoms with Crippen LogP contribution in [-0.2, 0) is 0 Å². The van der Waals surface area contributed by atoms with Crippen LogP contribution in [-0.4, -0.2) is 9.97 Å². The standard InChI is InChI=1S/C12H8N2.Tb/c1-3-9-5-6-10-4-2-8-14-12(10)11(9)13-7-1;/h1-8H;. The molecule has 3 heteroatoms. The summed E-state index contributed by atoms with van der Waals surface area (Å²) >= 11 is 0. The van der Waals surface area contributed by atoms with E-state index >= 15 is 0 Å². The molecule has 0 atom stereocenters. The van der Waals surface area contributed by atoms with Gasteiger partial charge in [-0.1, -0.05) is 24.3 Å². The second-order valence-corrected chi connectivity index (χ2v) is 3.22. The normalized spacial score (nSPS) is 10.1. The van der Waals surface area contributed by atoms with Crippen LogP contribution in [0.25, 0.3) is 21.8 Å². The Bertz CT molecular complexity index is 553. The third-order valence-electron chi connectivity index (χ3n) is 2.34. The van der Waals surface area contributed by atoms with Crippen LogP contribution in [0, 0.1) is 38.6 Å². The number of hydrogen-bond acceptors (Lipinski definition) is 2. The summed E-state index contributed by atoms with van der Waals surface area (Å²) in [5.74, 6) is 0. The van der Waals surface area contributed by atoms with E-state index in [4.69, 9.17) is 0 Å². The number of fused-ring (bicyclic) bond motifs is 3. The van der Waals surface area contributed by atoms with Crippen molar-refractivity contribution in [1.82, 2.24) is 9.97 Å². The summed E-state index contributed by atoms with van der Waals surface area (Å²) in [5.41, 5.74) is 1.95. The van der Waals surface area contributed by atoms with Crippen molar-refractivity contribution in [3.8, 4) is 0 Å². The minimum Gasteiger partial charge on any atom is -0.254 e. The number of pyridine rings is 2. The Morgan fingerprint density at radius 2 is 1.13 bits per heavy atom. The summed E-state index contributed by atoms with van der Waals surface area (Å²) in [6.45, 7) is 0. The number of hydrogen-bond donors (Lipinski definition) is 0. The molecule has 75 valence electrons. The molecule has 15 heavy (non-hydrogen) atoms. The van der Waals surface area contributed by atoms with Gasteiger partial charge in [-0.2, -0.15) is 0 Å². The van der Waals surface area contributed by atoms with Crippen LogP contribution in [0.1, 0.15) is 0 Å². The van der Waals surface area contributed by atoms with E-state index in [0.29, 0.717) is 0 Å². The fourth-order valence-electron chi connectivity index (χ4n) is 1.68. The van der Waals surface area contributed by atoms with Crippen LogP contribution in [0.5, 0.6) is 0 Å². The number of aromatic nitrogens is 2. The molecule has 0 unspecified atom stereocenters. The molecule has 0 saturated carbocycles. The van der Waals surface area contributed by atoms with Gasteiger partial charge in [0.2, 0.25) is 0 Å². The van der Waals surface area contributed by atoms with E-state index in [-0.39, 0.29) is 38.6 Å². The predicted molar refractivity (Wildman–Crippen MR) is 57.0 cm³/mol. The van der Waals surface area contributed by atoms with E-state index in [9.17, 15) is 0 Å². The molecule has 0 aliphatic heterocycles. The number of benzene rings is 1. The Hall–Kier alpha value is -0.674. The first-order valence-electron chi connectivity index (χ1n) is 4.53. The molecule has 0 aliphatic rings. The smallest absolute Gasteiger partial charge is 0.0964 e. The number of rotatable bonds is 0. The van der Waals surface area contributed by atoms with Gasteiger partial charge in [-0.05, 0) is 12.1 Å². The van der Waals surface area contributed by atoms with Crippen molar-refractivity contribution in [2.45, 2.75) is 0 Å². The molecular weight excluding hydrogens is 331 g/mol. The zero-order valence-corrected chi connectivity index (χ0v) is 9.99. The first-order valence-corrected chi connectivity index (χ1v) is 4.53. The molecule has 2 heterocycles. The second-order valence-electron chi connectivity index (χ2n) is 3.22. The zero-order valence-electron chi connectivity index (χ0n) is 7.85. The monoisotopic (exact) mass is 339 g/mol. The van der Waals surface area contributed by atoms with Crippen molar-refractivity contribution < 1.29 is 38.6 Å². The maximum absolute atomic E-state index is 4.35. The molecule has 0 aliphatic carbocycles. The van der Waals surface area contributed by atoms with Crippen LogP contribution in [0.2, 0.25) is 0 Å². The van der Waals surface area contributed by atoms with Gasteiger partial charge in [-0.3, -0.25) is 9.97 Å². The van der Waals surface area contributed by atoms with Crippen molar-refractivity contribution in [1.29, 1.82) is 0 Å². The zero-order chi connectivity index (χ0) is 9.38. The van der Waals surface area contributed by atoms with Gasteiger partial charge in [-0.15, -0.1) is 0 Å². The van der Waals surface area contributed by atoms with Gasteiger partial charge in [-0.25, -0.2) is 0 Å². The van der Waals surface area contributed by atoms with Crippen LogP contribution >= 0.6 is 0 Å². The van der Waals surface area contributed by atoms with Crippen molar-refractivity contribution in [3.05, 3.63) is 48.8 Å². The van der Waals surface area contributed by atoms with E-state index < -0.39 is 0 Å². The first kappa shape index (κ1) is 10.8. The number of nitrogens with zero attached hydrogens (tertiary/aromatic N) is 2. The van der Waals surface area contributed by atoms with Crippen LogP contribution in [0.15, 0.2) is 48.8 Å². The summed E-state index contributed by atoms with van der Waals surface area (Å²) in [4.78, 5) is 8.69. The average molecular weight is 339 g/mol. The second kappa shape index (κ2) is 4.45. The van der Waals surface area contributed by atoms with Crippen LogP contribution < -0.4 is 0 Å². The molecule has 0 amide bonds. The molecule has 2 aromatic heterocycles. The quantitative estimate of drug-likeness (QED) is 0.589. The van der Waals surface area contributed by atoms with Crippen molar-refractivity contribution in [3.63, 3.8) is 0 Å². The first-order chi connectivity index (χ1) is 6.95. The predicted octanol–water partition coefficient (Wildman–Crippen LogP) is 2.78. The summed E-state index contributed by atoms with van der Waals surface area (Å²) in [5, 5.41) is 2.28. The maximum atomic E-state index is 4.35. The Kier molecular flexibility index (Phi) is 3.21. The summed E-state index contributed by atoms with van der Waals surface area (Å²) in [6, 6.07) is 12.1. The Morgan fingerprint density at radius 1 is 0.667 bits per heavy atom. The molecule has 1 radical (unpaired) electrons. The van der Waals surface area contributed by atoms with Gasteiger partial charge in [0.25, 0.3) is 0 Å². The van der Waals surface area contributed by atoms with E-state index in [1.54, 1.807) is 12.4 Å². The van der Waals surface area contributed by atoms with Gasteiger partial charge in [0.05, 0.1) is 11.0 Å².